The Morgan fingerprint density at radius 1 is 1.46 bits per heavy atom. The van der Waals surface area contributed by atoms with Crippen LogP contribution < -0.4 is 5.32 Å². The van der Waals surface area contributed by atoms with Gasteiger partial charge in [0.25, 0.3) is 0 Å². The Morgan fingerprint density at radius 3 is 2.62 bits per heavy atom. The fourth-order valence-corrected chi connectivity index (χ4v) is 1.40. The summed E-state index contributed by atoms with van der Waals surface area (Å²) in [6, 6.07) is 0. The Labute approximate surface area is 81.7 Å². The highest BCUT2D eigenvalue weighted by atomic mass is 16.3. The zero-order chi connectivity index (χ0) is 9.73. The van der Waals surface area contributed by atoms with E-state index in [1.54, 1.807) is 0 Å². The van der Waals surface area contributed by atoms with Crippen molar-refractivity contribution in [1.29, 1.82) is 0 Å². The number of rotatable bonds is 7. The van der Waals surface area contributed by atoms with Crippen LogP contribution in [0.2, 0.25) is 0 Å². The molecular weight excluding hydrogens is 162 g/mol. The second kappa shape index (κ2) is 4.97. The second-order valence-electron chi connectivity index (χ2n) is 4.73. The molecule has 1 unspecified atom stereocenters. The van der Waals surface area contributed by atoms with E-state index in [0.717, 1.165) is 25.4 Å². The molecule has 1 atom stereocenters. The van der Waals surface area contributed by atoms with Crippen molar-refractivity contribution < 1.29 is 5.11 Å². The highest BCUT2D eigenvalue weighted by Gasteiger charge is 2.22. The third-order valence-corrected chi connectivity index (χ3v) is 3.21. The molecule has 2 heteroatoms. The first-order valence-electron chi connectivity index (χ1n) is 5.52. The maximum atomic E-state index is 9.17. The van der Waals surface area contributed by atoms with Crippen LogP contribution >= 0.6 is 0 Å². The fraction of sp³-hybridized carbons (Fsp3) is 1.00. The van der Waals surface area contributed by atoms with Gasteiger partial charge < -0.3 is 10.4 Å². The monoisotopic (exact) mass is 185 g/mol. The van der Waals surface area contributed by atoms with Gasteiger partial charge in [0, 0.05) is 18.6 Å². The summed E-state index contributed by atoms with van der Waals surface area (Å²) in [5.41, 5.74) is 0.0869. The molecule has 0 aromatic heterocycles. The van der Waals surface area contributed by atoms with Crippen LogP contribution in [0.5, 0.6) is 0 Å². The van der Waals surface area contributed by atoms with E-state index in [4.69, 9.17) is 5.11 Å². The van der Waals surface area contributed by atoms with Crippen LogP contribution in [0, 0.1) is 11.3 Å². The van der Waals surface area contributed by atoms with Gasteiger partial charge in [0.15, 0.2) is 0 Å². The van der Waals surface area contributed by atoms with E-state index in [9.17, 15) is 0 Å². The Balaban J connectivity index is 2.01. The third-order valence-electron chi connectivity index (χ3n) is 3.21. The van der Waals surface area contributed by atoms with Gasteiger partial charge in [-0.3, -0.25) is 0 Å². The predicted octanol–water partition coefficient (Wildman–Crippen LogP) is 1.78. The molecule has 2 N–H and O–H groups in total. The molecule has 1 saturated carbocycles. The van der Waals surface area contributed by atoms with Gasteiger partial charge in [-0.25, -0.2) is 0 Å². The summed E-state index contributed by atoms with van der Waals surface area (Å²) < 4.78 is 0. The van der Waals surface area contributed by atoms with E-state index in [-0.39, 0.29) is 5.41 Å². The molecule has 1 aliphatic rings. The van der Waals surface area contributed by atoms with Crippen LogP contribution in [0.1, 0.15) is 39.5 Å². The molecule has 2 nitrogen and oxygen atoms in total. The third kappa shape index (κ3) is 4.10. The van der Waals surface area contributed by atoms with Crippen molar-refractivity contribution in [3.63, 3.8) is 0 Å². The molecule has 0 bridgehead atoms. The summed E-state index contributed by atoms with van der Waals surface area (Å²) in [5, 5.41) is 12.6. The Hall–Kier alpha value is -0.0800. The van der Waals surface area contributed by atoms with Gasteiger partial charge in [-0.15, -0.1) is 0 Å². The lowest BCUT2D eigenvalue weighted by molar-refractivity contribution is 0.135. The summed E-state index contributed by atoms with van der Waals surface area (Å²) in [4.78, 5) is 0. The van der Waals surface area contributed by atoms with Crippen LogP contribution in [0.15, 0.2) is 0 Å². The minimum atomic E-state index is 0.0869. The minimum absolute atomic E-state index is 0.0869. The maximum absolute atomic E-state index is 9.17. The number of aliphatic hydroxyl groups excluding tert-OH is 1. The van der Waals surface area contributed by atoms with Gasteiger partial charge in [-0.05, 0) is 25.3 Å². The van der Waals surface area contributed by atoms with Gasteiger partial charge in [0.2, 0.25) is 0 Å². The molecule has 0 radical (unpaired) electrons. The summed E-state index contributed by atoms with van der Waals surface area (Å²) >= 11 is 0. The van der Waals surface area contributed by atoms with E-state index in [1.807, 2.05) is 0 Å². The fourth-order valence-electron chi connectivity index (χ4n) is 1.40. The summed E-state index contributed by atoms with van der Waals surface area (Å²) in [6.07, 6.45) is 5.24. The molecule has 1 rings (SSSR count). The number of hydrogen-bond acceptors (Lipinski definition) is 2. The first kappa shape index (κ1) is 11.0. The molecule has 0 amide bonds. The zero-order valence-corrected chi connectivity index (χ0v) is 8.97. The molecule has 78 valence electrons. The predicted molar refractivity (Wildman–Crippen MR) is 55.7 cm³/mol. The molecule has 0 spiro atoms. The van der Waals surface area contributed by atoms with Gasteiger partial charge in [0.05, 0.1) is 0 Å². The number of nitrogens with one attached hydrogen (secondary N) is 1. The molecule has 0 aromatic carbocycles. The smallest absolute Gasteiger partial charge is 0.0496 e. The average Bonchev–Trinajstić information content (AvgIpc) is 2.96. The lowest BCUT2D eigenvalue weighted by atomic mass is 9.88. The van der Waals surface area contributed by atoms with Gasteiger partial charge in [0.1, 0.15) is 0 Å². The molecule has 13 heavy (non-hydrogen) atoms. The summed E-state index contributed by atoms with van der Waals surface area (Å²) in [6.45, 7) is 6.64. The van der Waals surface area contributed by atoms with Crippen molar-refractivity contribution in [2.24, 2.45) is 11.3 Å². The first-order valence-corrected chi connectivity index (χ1v) is 5.52. The van der Waals surface area contributed by atoms with E-state index >= 15 is 0 Å². The number of hydrogen-bond donors (Lipinski definition) is 2. The normalized spacial score (nSPS) is 21.5. The molecule has 0 aromatic rings. The van der Waals surface area contributed by atoms with Gasteiger partial charge in [-0.1, -0.05) is 26.7 Å². The van der Waals surface area contributed by atoms with Crippen LogP contribution in [0.25, 0.3) is 0 Å². The van der Waals surface area contributed by atoms with Crippen LogP contribution in [0.4, 0.5) is 0 Å². The standard InChI is InChI=1S/C11H23NO/c1-3-11(2,9-13)8-12-7-6-10-4-5-10/h10,12-13H,3-9H2,1-2H3. The number of aliphatic hydroxyl groups is 1. The van der Waals surface area contributed by atoms with E-state index in [2.05, 4.69) is 19.2 Å². The molecule has 0 heterocycles. The first-order chi connectivity index (χ1) is 6.20. The Morgan fingerprint density at radius 2 is 2.15 bits per heavy atom. The van der Waals surface area contributed by atoms with Crippen LogP contribution in [0.3, 0.4) is 0 Å². The van der Waals surface area contributed by atoms with E-state index in [0.29, 0.717) is 6.61 Å². The molecule has 0 saturated heterocycles. The minimum Gasteiger partial charge on any atom is -0.396 e. The molecular formula is C11H23NO. The van der Waals surface area contributed by atoms with E-state index in [1.165, 1.54) is 19.3 Å². The average molecular weight is 185 g/mol. The SMILES string of the molecule is CCC(C)(CO)CNCCC1CC1. The zero-order valence-electron chi connectivity index (χ0n) is 8.97. The van der Waals surface area contributed by atoms with Crippen molar-refractivity contribution in [3.05, 3.63) is 0 Å². The van der Waals surface area contributed by atoms with Gasteiger partial charge >= 0.3 is 0 Å². The van der Waals surface area contributed by atoms with Crippen molar-refractivity contribution in [1.82, 2.24) is 5.32 Å². The molecule has 1 aliphatic carbocycles. The Bertz CT molecular complexity index is 139. The quantitative estimate of drug-likeness (QED) is 0.593. The van der Waals surface area contributed by atoms with Crippen molar-refractivity contribution in [2.45, 2.75) is 39.5 Å². The second-order valence-corrected chi connectivity index (χ2v) is 4.73. The van der Waals surface area contributed by atoms with Crippen LogP contribution in [-0.2, 0) is 0 Å². The highest BCUT2D eigenvalue weighted by molar-refractivity contribution is 4.77. The lowest BCUT2D eigenvalue weighted by Gasteiger charge is -2.25. The van der Waals surface area contributed by atoms with Crippen LogP contribution in [-0.4, -0.2) is 24.8 Å². The highest BCUT2D eigenvalue weighted by Crippen LogP contribution is 2.31. The van der Waals surface area contributed by atoms with Crippen molar-refractivity contribution in [3.8, 4) is 0 Å². The molecule has 1 fully saturated rings. The topological polar surface area (TPSA) is 32.3 Å². The van der Waals surface area contributed by atoms with Crippen molar-refractivity contribution in [2.75, 3.05) is 19.7 Å². The van der Waals surface area contributed by atoms with Crippen molar-refractivity contribution >= 4 is 0 Å². The van der Waals surface area contributed by atoms with E-state index < -0.39 is 0 Å². The largest absolute Gasteiger partial charge is 0.396 e. The molecule has 0 aliphatic heterocycles. The Kier molecular flexibility index (Phi) is 4.20. The summed E-state index contributed by atoms with van der Waals surface area (Å²) in [5.74, 6) is 1.01. The van der Waals surface area contributed by atoms with Gasteiger partial charge in [-0.2, -0.15) is 0 Å². The maximum Gasteiger partial charge on any atom is 0.0496 e. The lowest BCUT2D eigenvalue weighted by Crippen LogP contribution is -2.34. The summed E-state index contributed by atoms with van der Waals surface area (Å²) in [7, 11) is 0.